The molecule has 3 nitrogen and oxygen atoms in total. The minimum atomic E-state index is -1.03. The van der Waals surface area contributed by atoms with Crippen molar-refractivity contribution in [3.63, 3.8) is 0 Å². The first-order chi connectivity index (χ1) is 29.9. The second kappa shape index (κ2) is 15.1. The molecule has 0 aliphatic heterocycles. The number of fused-ring (bicyclic) bond motifs is 9. The van der Waals surface area contributed by atoms with E-state index in [0.717, 1.165) is 60.0 Å². The van der Waals surface area contributed by atoms with Crippen LogP contribution in [0.25, 0.3) is 76.2 Å². The van der Waals surface area contributed by atoms with Crippen LogP contribution in [-0.4, -0.2) is 0 Å². The van der Waals surface area contributed by atoms with Gasteiger partial charge < -0.3 is 13.1 Å². The maximum atomic E-state index is 7.46. The Hall–Kier alpha value is -6.63. The SMILES string of the molecule is Cc1cc(C)cc(P(c2cc(C)cc(C)c2)c2ccc3ccccc3c2-c2c(Oc3cc4ccccc4c4c3o[pH]oc3ccc5ccccc5c34)ccc3ccccc23)c1. The highest BCUT2D eigenvalue weighted by molar-refractivity contribution is 7.80. The van der Waals surface area contributed by atoms with Gasteiger partial charge in [-0.2, -0.15) is 0 Å². The Morgan fingerprint density at radius 3 is 1.52 bits per heavy atom. The van der Waals surface area contributed by atoms with E-state index >= 15 is 0 Å². The van der Waals surface area contributed by atoms with Crippen molar-refractivity contribution in [2.75, 3.05) is 0 Å². The Morgan fingerprint density at radius 2 is 0.902 bits per heavy atom. The zero-order valence-corrected chi connectivity index (χ0v) is 36.3. The minimum Gasteiger partial charge on any atom is -0.453 e. The van der Waals surface area contributed by atoms with Gasteiger partial charge in [0.1, 0.15) is 11.3 Å². The Balaban J connectivity index is 1.25. The molecule has 1 heterocycles. The molecule has 0 aliphatic carbocycles. The van der Waals surface area contributed by atoms with Gasteiger partial charge in [0.25, 0.3) is 0 Å². The fraction of sp³-hybridized carbons (Fsp3) is 0.0714. The molecule has 1 atom stereocenters. The lowest BCUT2D eigenvalue weighted by atomic mass is 9.93. The number of rotatable bonds is 6. The second-order valence-electron chi connectivity index (χ2n) is 16.2. The number of hydrogen-bond acceptors (Lipinski definition) is 3. The third-order valence-corrected chi connectivity index (χ3v) is 14.8. The van der Waals surface area contributed by atoms with Gasteiger partial charge in [0, 0.05) is 21.9 Å². The predicted octanol–water partition coefficient (Wildman–Crippen LogP) is 15.4. The van der Waals surface area contributed by atoms with E-state index < -0.39 is 7.92 Å². The molecule has 0 spiro atoms. The molecule has 61 heavy (non-hydrogen) atoms. The molecule has 5 heteroatoms. The third kappa shape index (κ3) is 6.57. The van der Waals surface area contributed by atoms with Crippen molar-refractivity contribution in [1.29, 1.82) is 0 Å². The topological polar surface area (TPSA) is 35.5 Å². The fourth-order valence-electron chi connectivity index (χ4n) is 9.44. The first kappa shape index (κ1) is 37.4. The molecule has 0 bridgehead atoms. The van der Waals surface area contributed by atoms with Crippen LogP contribution in [0.3, 0.4) is 0 Å². The van der Waals surface area contributed by atoms with Gasteiger partial charge in [0.15, 0.2) is 11.3 Å². The maximum Gasteiger partial charge on any atom is 0.201 e. The molecule has 1 unspecified atom stereocenters. The first-order valence-corrected chi connectivity index (χ1v) is 22.9. The van der Waals surface area contributed by atoms with E-state index in [1.165, 1.54) is 54.5 Å². The van der Waals surface area contributed by atoms with Gasteiger partial charge in [0.2, 0.25) is 8.67 Å². The minimum absolute atomic E-state index is 0.250. The lowest BCUT2D eigenvalue weighted by molar-refractivity contribution is 0.481. The van der Waals surface area contributed by atoms with E-state index in [1.807, 2.05) is 0 Å². The van der Waals surface area contributed by atoms with Crippen molar-refractivity contribution in [2.45, 2.75) is 27.7 Å². The number of benzene rings is 10. The summed E-state index contributed by atoms with van der Waals surface area (Å²) in [5.74, 6) is 1.41. The molecule has 0 aliphatic rings. The number of hydrogen-bond donors (Lipinski definition) is 0. The van der Waals surface area contributed by atoms with E-state index in [2.05, 4.69) is 204 Å². The van der Waals surface area contributed by atoms with E-state index in [1.54, 1.807) is 0 Å². The van der Waals surface area contributed by atoms with Crippen LogP contribution < -0.4 is 20.7 Å². The van der Waals surface area contributed by atoms with E-state index in [4.69, 9.17) is 13.1 Å². The molecule has 0 radical (unpaired) electrons. The molecule has 0 amide bonds. The van der Waals surface area contributed by atoms with Crippen LogP contribution in [0.2, 0.25) is 0 Å². The summed E-state index contributed by atoms with van der Waals surface area (Å²) in [6.07, 6.45) is 0. The van der Waals surface area contributed by atoms with Gasteiger partial charge in [-0.25, -0.2) is 0 Å². The first-order valence-electron chi connectivity index (χ1n) is 20.7. The van der Waals surface area contributed by atoms with Crippen molar-refractivity contribution < 1.29 is 13.1 Å². The van der Waals surface area contributed by atoms with Crippen LogP contribution in [0.4, 0.5) is 0 Å². The summed E-state index contributed by atoms with van der Waals surface area (Å²) in [4.78, 5) is 0. The highest BCUT2D eigenvalue weighted by Gasteiger charge is 2.27. The molecule has 10 aromatic carbocycles. The van der Waals surface area contributed by atoms with E-state index in [-0.39, 0.29) is 8.67 Å². The summed E-state index contributed by atoms with van der Waals surface area (Å²) < 4.78 is 20.6. The molecule has 0 saturated carbocycles. The molecular weight excluding hydrogens is 783 g/mol. The standard InChI is InChI=1S/C56H42O3P2/c1-34-27-35(2)30-42(29-34)61(43-31-36(3)28-37(4)32-43)51-26-23-40-15-7-11-19-46(40)54(51)52-44-17-9-5-13-38(44)21-24-48(52)57-50-33-41-16-8-12-20-47(41)55-53-45-18-10-6-14-39(45)22-25-49(53)58-60-59-56(50)55/h5-33,60H,1-4H3. The lowest BCUT2D eigenvalue weighted by Gasteiger charge is -2.26. The van der Waals surface area contributed by atoms with Crippen LogP contribution in [-0.2, 0) is 0 Å². The Bertz CT molecular complexity index is 3490. The Morgan fingerprint density at radius 1 is 0.410 bits per heavy atom. The third-order valence-electron chi connectivity index (χ3n) is 11.8. The van der Waals surface area contributed by atoms with Crippen LogP contribution in [0, 0.1) is 27.7 Å². The molecule has 11 rings (SSSR count). The van der Waals surface area contributed by atoms with Crippen LogP contribution in [0.15, 0.2) is 184 Å². The Kier molecular flexibility index (Phi) is 9.27. The highest BCUT2D eigenvalue weighted by Crippen LogP contribution is 2.49. The van der Waals surface area contributed by atoms with Crippen LogP contribution >= 0.6 is 16.6 Å². The summed E-state index contributed by atoms with van der Waals surface area (Å²) >= 11 is 0. The zero-order valence-electron chi connectivity index (χ0n) is 34.4. The van der Waals surface area contributed by atoms with E-state index in [0.29, 0.717) is 11.3 Å². The number of aryl methyl sites for hydroxylation is 4. The normalized spacial score (nSPS) is 11.9. The van der Waals surface area contributed by atoms with E-state index in [9.17, 15) is 0 Å². The largest absolute Gasteiger partial charge is 0.453 e. The summed E-state index contributed by atoms with van der Waals surface area (Å²) in [6, 6.07) is 64.0. The molecule has 0 saturated heterocycles. The van der Waals surface area contributed by atoms with Gasteiger partial charge >= 0.3 is 0 Å². The molecule has 11 aromatic rings. The van der Waals surface area contributed by atoms with Gasteiger partial charge in [-0.1, -0.05) is 180 Å². The van der Waals surface area contributed by atoms with Gasteiger partial charge in [-0.05, 0) is 113 Å². The van der Waals surface area contributed by atoms with Gasteiger partial charge in [0.05, 0.1) is 0 Å². The average Bonchev–Trinajstić information content (AvgIpc) is 3.47. The van der Waals surface area contributed by atoms with Crippen molar-refractivity contribution in [3.05, 3.63) is 198 Å². The lowest BCUT2D eigenvalue weighted by Crippen LogP contribution is -2.23. The predicted molar refractivity (Wildman–Crippen MR) is 263 cm³/mol. The Labute approximate surface area is 357 Å². The van der Waals surface area contributed by atoms with Crippen molar-refractivity contribution in [3.8, 4) is 22.6 Å². The second-order valence-corrected chi connectivity index (χ2v) is 19.0. The monoisotopic (exact) mass is 824 g/mol. The van der Waals surface area contributed by atoms with Crippen LogP contribution in [0.5, 0.6) is 11.5 Å². The van der Waals surface area contributed by atoms with Gasteiger partial charge in [-0.3, -0.25) is 0 Å². The molecule has 294 valence electrons. The summed E-state index contributed by atoms with van der Waals surface area (Å²) in [7, 11) is -1.28. The average molecular weight is 825 g/mol. The molecule has 1 aromatic heterocycles. The maximum absolute atomic E-state index is 7.46. The molecule has 0 N–H and O–H groups in total. The molecular formula is C56H42O3P2. The summed E-state index contributed by atoms with van der Waals surface area (Å²) in [6.45, 7) is 8.85. The highest BCUT2D eigenvalue weighted by atomic mass is 31.1. The number of ether oxygens (including phenoxy) is 1. The summed E-state index contributed by atoms with van der Waals surface area (Å²) in [5.41, 5.74) is 8.78. The van der Waals surface area contributed by atoms with Crippen molar-refractivity contribution in [1.82, 2.24) is 0 Å². The van der Waals surface area contributed by atoms with Crippen molar-refractivity contribution in [2.24, 2.45) is 0 Å². The quantitative estimate of drug-likeness (QED) is 0.157. The molecule has 0 fully saturated rings. The summed E-state index contributed by atoms with van der Waals surface area (Å²) in [5, 5.41) is 15.0. The smallest absolute Gasteiger partial charge is 0.201 e. The van der Waals surface area contributed by atoms with Crippen LogP contribution in [0.1, 0.15) is 22.3 Å². The fourth-order valence-corrected chi connectivity index (χ4v) is 12.9. The van der Waals surface area contributed by atoms with Crippen molar-refractivity contribution >= 4 is 97.5 Å². The van der Waals surface area contributed by atoms with Gasteiger partial charge in [-0.15, -0.1) is 0 Å². The zero-order chi connectivity index (χ0) is 41.2.